The molecule has 0 aliphatic carbocycles. The standard InChI is InChI=1S/C15H26N2/c1-12(2)15(14-9-7-6-8-10-14)16-11-13(3)17(4)5/h6-10,12-13,15-16H,11H2,1-5H3. The van der Waals surface area contributed by atoms with E-state index in [0.29, 0.717) is 18.0 Å². The van der Waals surface area contributed by atoms with Crippen LogP contribution in [0, 0.1) is 5.92 Å². The van der Waals surface area contributed by atoms with Gasteiger partial charge in [-0.2, -0.15) is 0 Å². The Hall–Kier alpha value is -0.860. The molecule has 0 bridgehead atoms. The molecule has 2 heteroatoms. The van der Waals surface area contributed by atoms with Crippen molar-refractivity contribution in [2.24, 2.45) is 5.92 Å². The van der Waals surface area contributed by atoms with Crippen LogP contribution in [0.15, 0.2) is 30.3 Å². The lowest BCUT2D eigenvalue weighted by molar-refractivity contribution is 0.280. The van der Waals surface area contributed by atoms with E-state index >= 15 is 0 Å². The van der Waals surface area contributed by atoms with Crippen LogP contribution in [0.2, 0.25) is 0 Å². The molecule has 96 valence electrons. The van der Waals surface area contributed by atoms with Gasteiger partial charge in [-0.25, -0.2) is 0 Å². The van der Waals surface area contributed by atoms with Crippen LogP contribution in [-0.4, -0.2) is 31.6 Å². The summed E-state index contributed by atoms with van der Waals surface area (Å²) in [7, 11) is 4.25. The summed E-state index contributed by atoms with van der Waals surface area (Å²) >= 11 is 0. The van der Waals surface area contributed by atoms with Crippen LogP contribution in [0.5, 0.6) is 0 Å². The van der Waals surface area contributed by atoms with Crippen molar-refractivity contribution in [3.8, 4) is 0 Å². The van der Waals surface area contributed by atoms with Gasteiger partial charge in [-0.1, -0.05) is 44.2 Å². The maximum atomic E-state index is 3.67. The molecule has 0 amide bonds. The molecule has 0 fully saturated rings. The van der Waals surface area contributed by atoms with Gasteiger partial charge >= 0.3 is 0 Å². The molecule has 0 aliphatic rings. The van der Waals surface area contributed by atoms with Crippen LogP contribution in [0.1, 0.15) is 32.4 Å². The highest BCUT2D eigenvalue weighted by Crippen LogP contribution is 2.21. The molecule has 1 aromatic carbocycles. The molecule has 2 atom stereocenters. The summed E-state index contributed by atoms with van der Waals surface area (Å²) in [6.45, 7) is 7.80. The van der Waals surface area contributed by atoms with Gasteiger partial charge in [-0.05, 0) is 32.5 Å². The van der Waals surface area contributed by atoms with Crippen molar-refractivity contribution in [3.05, 3.63) is 35.9 Å². The molecule has 0 aliphatic heterocycles. The van der Waals surface area contributed by atoms with E-state index in [1.165, 1.54) is 5.56 Å². The van der Waals surface area contributed by atoms with Crippen LogP contribution >= 0.6 is 0 Å². The summed E-state index contributed by atoms with van der Waals surface area (Å²) in [6, 6.07) is 11.7. The van der Waals surface area contributed by atoms with Gasteiger partial charge in [0, 0.05) is 18.6 Å². The van der Waals surface area contributed by atoms with Crippen LogP contribution in [0.3, 0.4) is 0 Å². The van der Waals surface area contributed by atoms with Gasteiger partial charge < -0.3 is 10.2 Å². The highest BCUT2D eigenvalue weighted by atomic mass is 15.1. The molecule has 0 saturated carbocycles. The van der Waals surface area contributed by atoms with E-state index in [1.807, 2.05) is 0 Å². The van der Waals surface area contributed by atoms with Crippen molar-refractivity contribution in [3.63, 3.8) is 0 Å². The summed E-state index contributed by atoms with van der Waals surface area (Å²) < 4.78 is 0. The molecule has 0 saturated heterocycles. The summed E-state index contributed by atoms with van der Waals surface area (Å²) in [5, 5.41) is 3.67. The fourth-order valence-corrected chi connectivity index (χ4v) is 1.88. The third-order valence-electron chi connectivity index (χ3n) is 3.34. The summed E-state index contributed by atoms with van der Waals surface area (Å²) in [6.07, 6.45) is 0. The molecule has 17 heavy (non-hydrogen) atoms. The Morgan fingerprint density at radius 3 is 2.12 bits per heavy atom. The molecule has 2 nitrogen and oxygen atoms in total. The van der Waals surface area contributed by atoms with Crippen molar-refractivity contribution >= 4 is 0 Å². The monoisotopic (exact) mass is 234 g/mol. The Kier molecular flexibility index (Phi) is 5.66. The smallest absolute Gasteiger partial charge is 0.0344 e. The van der Waals surface area contributed by atoms with Crippen molar-refractivity contribution < 1.29 is 0 Å². The van der Waals surface area contributed by atoms with Crippen molar-refractivity contribution in [2.75, 3.05) is 20.6 Å². The molecule has 0 aromatic heterocycles. The molecule has 0 heterocycles. The van der Waals surface area contributed by atoms with Crippen molar-refractivity contribution in [1.29, 1.82) is 0 Å². The Balaban J connectivity index is 2.62. The van der Waals surface area contributed by atoms with E-state index in [1.54, 1.807) is 0 Å². The Morgan fingerprint density at radius 1 is 1.06 bits per heavy atom. The van der Waals surface area contributed by atoms with Crippen LogP contribution in [0.4, 0.5) is 0 Å². The first-order valence-electron chi connectivity index (χ1n) is 6.47. The lowest BCUT2D eigenvalue weighted by Gasteiger charge is -2.27. The number of rotatable bonds is 6. The van der Waals surface area contributed by atoms with Crippen LogP contribution in [0.25, 0.3) is 0 Å². The molecular formula is C15H26N2. The summed E-state index contributed by atoms with van der Waals surface area (Å²) in [5.74, 6) is 0.603. The lowest BCUT2D eigenvalue weighted by atomic mass is 9.96. The SMILES string of the molecule is CC(C)C(NCC(C)N(C)C)c1ccccc1. The van der Waals surface area contributed by atoms with Gasteiger partial charge in [0.1, 0.15) is 0 Å². The number of hydrogen-bond acceptors (Lipinski definition) is 2. The molecule has 0 spiro atoms. The van der Waals surface area contributed by atoms with E-state index < -0.39 is 0 Å². The predicted octanol–water partition coefficient (Wildman–Crippen LogP) is 2.92. The largest absolute Gasteiger partial charge is 0.308 e. The van der Waals surface area contributed by atoms with Crippen molar-refractivity contribution in [2.45, 2.75) is 32.9 Å². The molecule has 2 unspecified atom stereocenters. The molecule has 1 aromatic rings. The van der Waals surface area contributed by atoms with Crippen LogP contribution < -0.4 is 5.32 Å². The van der Waals surface area contributed by atoms with E-state index in [9.17, 15) is 0 Å². The Labute approximate surface area is 106 Å². The predicted molar refractivity (Wildman–Crippen MR) is 75.2 cm³/mol. The second-order valence-corrected chi connectivity index (χ2v) is 5.35. The van der Waals surface area contributed by atoms with Gasteiger partial charge in [0.25, 0.3) is 0 Å². The highest BCUT2D eigenvalue weighted by molar-refractivity contribution is 5.19. The fraction of sp³-hybridized carbons (Fsp3) is 0.600. The summed E-state index contributed by atoms with van der Waals surface area (Å²) in [5.41, 5.74) is 1.38. The van der Waals surface area contributed by atoms with E-state index in [2.05, 4.69) is 75.4 Å². The zero-order valence-corrected chi connectivity index (χ0v) is 11.8. The third kappa shape index (κ3) is 4.49. The topological polar surface area (TPSA) is 15.3 Å². The highest BCUT2D eigenvalue weighted by Gasteiger charge is 2.16. The first-order chi connectivity index (χ1) is 8.02. The number of nitrogens with zero attached hydrogens (tertiary/aromatic N) is 1. The minimum absolute atomic E-state index is 0.443. The normalized spacial score (nSPS) is 15.2. The lowest BCUT2D eigenvalue weighted by Crippen LogP contribution is -2.38. The zero-order valence-electron chi connectivity index (χ0n) is 11.8. The second-order valence-electron chi connectivity index (χ2n) is 5.35. The summed E-state index contributed by atoms with van der Waals surface area (Å²) in [4.78, 5) is 2.25. The van der Waals surface area contributed by atoms with Gasteiger partial charge in [0.2, 0.25) is 0 Å². The van der Waals surface area contributed by atoms with Gasteiger partial charge in [-0.15, -0.1) is 0 Å². The van der Waals surface area contributed by atoms with Crippen molar-refractivity contribution in [1.82, 2.24) is 10.2 Å². The maximum absolute atomic E-state index is 3.67. The number of benzene rings is 1. The minimum Gasteiger partial charge on any atom is -0.308 e. The Bertz CT molecular complexity index is 306. The van der Waals surface area contributed by atoms with Gasteiger partial charge in [0.05, 0.1) is 0 Å². The third-order valence-corrected chi connectivity index (χ3v) is 3.34. The number of likely N-dealkylation sites (N-methyl/N-ethyl adjacent to an activating group) is 1. The van der Waals surface area contributed by atoms with E-state index in [0.717, 1.165) is 6.54 Å². The molecule has 1 rings (SSSR count). The minimum atomic E-state index is 0.443. The molecule has 1 N–H and O–H groups in total. The second kappa shape index (κ2) is 6.77. The average Bonchev–Trinajstić information content (AvgIpc) is 2.29. The van der Waals surface area contributed by atoms with Gasteiger partial charge in [0.15, 0.2) is 0 Å². The van der Waals surface area contributed by atoms with Gasteiger partial charge in [-0.3, -0.25) is 0 Å². The number of hydrogen-bond donors (Lipinski definition) is 1. The van der Waals surface area contributed by atoms with E-state index in [4.69, 9.17) is 0 Å². The first-order valence-corrected chi connectivity index (χ1v) is 6.47. The first kappa shape index (κ1) is 14.2. The van der Waals surface area contributed by atoms with Crippen LogP contribution in [-0.2, 0) is 0 Å². The Morgan fingerprint density at radius 2 is 1.65 bits per heavy atom. The zero-order chi connectivity index (χ0) is 12.8. The quantitative estimate of drug-likeness (QED) is 0.814. The molecule has 0 radical (unpaired) electrons. The molecular weight excluding hydrogens is 208 g/mol. The fourth-order valence-electron chi connectivity index (χ4n) is 1.88. The number of nitrogens with one attached hydrogen (secondary N) is 1. The van der Waals surface area contributed by atoms with E-state index in [-0.39, 0.29) is 0 Å². The average molecular weight is 234 g/mol. The maximum Gasteiger partial charge on any atom is 0.0344 e.